The van der Waals surface area contributed by atoms with E-state index in [2.05, 4.69) is 66.5 Å². The van der Waals surface area contributed by atoms with Gasteiger partial charge in [0.2, 0.25) is 5.91 Å². The van der Waals surface area contributed by atoms with Gasteiger partial charge >= 0.3 is 0 Å². The number of amides is 1. The fourth-order valence-electron chi connectivity index (χ4n) is 5.22. The number of aryl methyl sites for hydroxylation is 2. The first-order chi connectivity index (χ1) is 18.7. The molecule has 1 aliphatic heterocycles. The molecule has 4 heterocycles. The van der Waals surface area contributed by atoms with Crippen LogP contribution >= 0.6 is 0 Å². The van der Waals surface area contributed by atoms with Crippen LogP contribution < -0.4 is 10.1 Å². The minimum Gasteiger partial charge on any atom is -0.491 e. The second-order valence-corrected chi connectivity index (χ2v) is 11.0. The van der Waals surface area contributed by atoms with Crippen molar-refractivity contribution in [3.05, 3.63) is 60.6 Å². The lowest BCUT2D eigenvalue weighted by molar-refractivity contribution is -0.111. The molecule has 1 aliphatic rings. The average Bonchev–Trinajstić information content (AvgIpc) is 3.55. The Labute approximate surface area is 230 Å². The zero-order valence-electron chi connectivity index (χ0n) is 23.5. The van der Waals surface area contributed by atoms with E-state index in [1.807, 2.05) is 25.3 Å². The lowest BCUT2D eigenvalue weighted by atomic mass is 9.96. The van der Waals surface area contributed by atoms with E-state index in [4.69, 9.17) is 14.8 Å². The van der Waals surface area contributed by atoms with Crippen molar-refractivity contribution in [3.63, 3.8) is 0 Å². The predicted octanol–water partition coefficient (Wildman–Crippen LogP) is 6.14. The first kappa shape index (κ1) is 26.7. The van der Waals surface area contributed by atoms with E-state index in [1.165, 1.54) is 6.08 Å². The molecule has 39 heavy (non-hydrogen) atoms. The largest absolute Gasteiger partial charge is 0.491 e. The second kappa shape index (κ2) is 11.1. The minimum absolute atomic E-state index is 0.240. The Bertz CT molecular complexity index is 1510. The summed E-state index contributed by atoms with van der Waals surface area (Å²) in [5.74, 6) is 0.938. The number of likely N-dealkylation sites (tertiary alicyclic amines) is 1. The van der Waals surface area contributed by atoms with Gasteiger partial charge in [0.1, 0.15) is 11.4 Å². The van der Waals surface area contributed by atoms with Crippen molar-refractivity contribution in [2.24, 2.45) is 5.92 Å². The summed E-state index contributed by atoms with van der Waals surface area (Å²) in [6.07, 6.45) is 9.33. The summed E-state index contributed by atoms with van der Waals surface area (Å²) in [5, 5.41) is 8.74. The number of carbonyl (C=O) groups is 1. The predicted molar refractivity (Wildman–Crippen MR) is 157 cm³/mol. The van der Waals surface area contributed by atoms with Gasteiger partial charge in [-0.3, -0.25) is 9.48 Å². The molecule has 8 heteroatoms. The van der Waals surface area contributed by atoms with Crippen LogP contribution in [0.4, 0.5) is 5.69 Å². The maximum atomic E-state index is 12.2. The molecular weight excluding hydrogens is 488 g/mol. The van der Waals surface area contributed by atoms with E-state index in [9.17, 15) is 4.79 Å². The summed E-state index contributed by atoms with van der Waals surface area (Å²) < 4.78 is 8.26. The Balaban J connectivity index is 1.66. The Hall–Kier alpha value is -3.91. The molecular formula is C31H38N6O2. The van der Waals surface area contributed by atoms with Crippen molar-refractivity contribution in [3.8, 4) is 28.1 Å². The lowest BCUT2D eigenvalue weighted by Crippen LogP contribution is -2.31. The molecule has 1 saturated heterocycles. The Morgan fingerprint density at radius 1 is 1.23 bits per heavy atom. The summed E-state index contributed by atoms with van der Waals surface area (Å²) in [6.45, 7) is 14.7. The van der Waals surface area contributed by atoms with Gasteiger partial charge in [0.25, 0.3) is 0 Å². The fraction of sp³-hybridized carbons (Fsp3) is 0.387. The van der Waals surface area contributed by atoms with Crippen molar-refractivity contribution >= 4 is 22.6 Å². The summed E-state index contributed by atoms with van der Waals surface area (Å²) in [4.78, 5) is 22.9. The number of fused-ring (bicyclic) bond motifs is 1. The number of aromatic amines is 1. The first-order valence-corrected chi connectivity index (χ1v) is 13.7. The highest BCUT2D eigenvalue weighted by atomic mass is 16.5. The van der Waals surface area contributed by atoms with Crippen LogP contribution in [0.2, 0.25) is 0 Å². The zero-order chi connectivity index (χ0) is 27.7. The van der Waals surface area contributed by atoms with Gasteiger partial charge in [0.05, 0.1) is 30.7 Å². The van der Waals surface area contributed by atoms with E-state index in [0.717, 1.165) is 81.9 Å². The molecule has 0 bridgehead atoms. The van der Waals surface area contributed by atoms with Crippen LogP contribution in [-0.2, 0) is 4.79 Å². The number of aromatic nitrogens is 4. The number of nitrogens with one attached hydrogen (secondary N) is 2. The highest BCUT2D eigenvalue weighted by Gasteiger charge is 2.24. The van der Waals surface area contributed by atoms with Gasteiger partial charge in [-0.05, 0) is 76.0 Å². The molecule has 204 valence electrons. The highest BCUT2D eigenvalue weighted by molar-refractivity contribution is 6.06. The van der Waals surface area contributed by atoms with E-state index >= 15 is 0 Å². The number of H-pyrrole nitrogens is 1. The normalized spacial score (nSPS) is 14.7. The Morgan fingerprint density at radius 3 is 2.72 bits per heavy atom. The number of rotatable bonds is 8. The van der Waals surface area contributed by atoms with Crippen molar-refractivity contribution in [1.82, 2.24) is 24.6 Å². The molecule has 0 spiro atoms. The van der Waals surface area contributed by atoms with Gasteiger partial charge in [-0.25, -0.2) is 4.98 Å². The molecule has 2 N–H and O–H groups in total. The van der Waals surface area contributed by atoms with E-state index < -0.39 is 0 Å². The second-order valence-electron chi connectivity index (χ2n) is 11.0. The summed E-state index contributed by atoms with van der Waals surface area (Å²) in [6, 6.07) is 6.53. The van der Waals surface area contributed by atoms with Crippen molar-refractivity contribution in [1.29, 1.82) is 0 Å². The van der Waals surface area contributed by atoms with Crippen LogP contribution in [0.15, 0.2) is 49.4 Å². The van der Waals surface area contributed by atoms with Gasteiger partial charge in [0, 0.05) is 34.0 Å². The van der Waals surface area contributed by atoms with Gasteiger partial charge in [-0.15, -0.1) is 0 Å². The van der Waals surface area contributed by atoms with Gasteiger partial charge in [-0.2, -0.15) is 5.10 Å². The summed E-state index contributed by atoms with van der Waals surface area (Å²) in [7, 11) is 2.17. The van der Waals surface area contributed by atoms with Crippen LogP contribution in [0.5, 0.6) is 5.75 Å². The van der Waals surface area contributed by atoms with Gasteiger partial charge in [-0.1, -0.05) is 32.6 Å². The molecule has 0 radical (unpaired) electrons. The molecule has 0 saturated carbocycles. The van der Waals surface area contributed by atoms with Crippen LogP contribution in [0, 0.1) is 19.8 Å². The highest BCUT2D eigenvalue weighted by Crippen LogP contribution is 2.42. The van der Waals surface area contributed by atoms with Crippen LogP contribution in [-0.4, -0.2) is 57.3 Å². The maximum Gasteiger partial charge on any atom is 0.247 e. The standard InChI is InChI=1S/C31H38N6O2/c1-7-27(38)34-25-14-22(9-8-20(25)4)29-28-21(5)26(39-18-19(2)3)16-32-31(28)35-30(29)23-15-33-37(17-23)24-10-12-36(6)13-11-24/h7-9,14-17,19,24H,1,10-13,18H2,2-6H3,(H,32,35)(H,34,38). The Kier molecular flexibility index (Phi) is 7.57. The van der Waals surface area contributed by atoms with Crippen molar-refractivity contribution in [2.75, 3.05) is 32.1 Å². The van der Waals surface area contributed by atoms with Gasteiger partial charge < -0.3 is 19.9 Å². The molecule has 8 nitrogen and oxygen atoms in total. The third-order valence-corrected chi connectivity index (χ3v) is 7.53. The smallest absolute Gasteiger partial charge is 0.247 e. The quantitative estimate of drug-likeness (QED) is 0.270. The average molecular weight is 527 g/mol. The van der Waals surface area contributed by atoms with Crippen LogP contribution in [0.3, 0.4) is 0 Å². The monoisotopic (exact) mass is 526 g/mol. The zero-order valence-corrected chi connectivity index (χ0v) is 23.5. The molecule has 3 aromatic heterocycles. The van der Waals surface area contributed by atoms with Crippen molar-refractivity contribution in [2.45, 2.75) is 46.6 Å². The number of hydrogen-bond acceptors (Lipinski definition) is 5. The maximum absolute atomic E-state index is 12.2. The number of piperidine rings is 1. The molecule has 1 aromatic carbocycles. The number of pyridine rings is 1. The third-order valence-electron chi connectivity index (χ3n) is 7.53. The number of carbonyl (C=O) groups excluding carboxylic acids is 1. The van der Waals surface area contributed by atoms with E-state index in [-0.39, 0.29) is 5.91 Å². The Morgan fingerprint density at radius 2 is 2.00 bits per heavy atom. The summed E-state index contributed by atoms with van der Waals surface area (Å²) >= 11 is 0. The SMILES string of the molecule is C=CC(=O)Nc1cc(-c2c(-c3cnn(C4CCN(C)CC4)c3)[nH]c3ncc(OCC(C)C)c(C)c23)ccc1C. The van der Waals surface area contributed by atoms with Crippen molar-refractivity contribution < 1.29 is 9.53 Å². The number of anilines is 1. The lowest BCUT2D eigenvalue weighted by Gasteiger charge is -2.28. The first-order valence-electron chi connectivity index (χ1n) is 13.7. The van der Waals surface area contributed by atoms with Crippen LogP contribution in [0.1, 0.15) is 43.9 Å². The van der Waals surface area contributed by atoms with E-state index in [0.29, 0.717) is 18.6 Å². The molecule has 5 rings (SSSR count). The number of ether oxygens (including phenoxy) is 1. The molecule has 1 fully saturated rings. The molecule has 0 aliphatic carbocycles. The molecule has 0 unspecified atom stereocenters. The van der Waals surface area contributed by atoms with Crippen LogP contribution in [0.25, 0.3) is 33.4 Å². The van der Waals surface area contributed by atoms with E-state index in [1.54, 1.807) is 6.20 Å². The van der Waals surface area contributed by atoms with Gasteiger partial charge in [0.15, 0.2) is 0 Å². The molecule has 1 amide bonds. The topological polar surface area (TPSA) is 88.1 Å². The number of nitrogens with zero attached hydrogens (tertiary/aromatic N) is 4. The number of hydrogen-bond donors (Lipinski definition) is 2. The molecule has 0 atom stereocenters. The summed E-state index contributed by atoms with van der Waals surface area (Å²) in [5.41, 5.74) is 7.48. The molecule has 4 aromatic rings. The third kappa shape index (κ3) is 5.47. The minimum atomic E-state index is -0.240. The number of benzene rings is 1. The fourth-order valence-corrected chi connectivity index (χ4v) is 5.22.